The number of aromatic nitrogens is 3. The summed E-state index contributed by atoms with van der Waals surface area (Å²) in [5.74, 6) is 0.374. The number of benzene rings is 1. The van der Waals surface area contributed by atoms with E-state index in [0.717, 1.165) is 24.4 Å². The van der Waals surface area contributed by atoms with Crippen molar-refractivity contribution in [3.8, 4) is 11.4 Å². The third kappa shape index (κ3) is 4.11. The molecular weight excluding hydrogens is 381 g/mol. The van der Waals surface area contributed by atoms with Crippen LogP contribution in [0.2, 0.25) is 0 Å². The lowest BCUT2D eigenvalue weighted by Crippen LogP contribution is -2.28. The Hall–Kier alpha value is -3.29. The highest BCUT2D eigenvalue weighted by Crippen LogP contribution is 2.29. The summed E-state index contributed by atoms with van der Waals surface area (Å²) < 4.78 is 37.9. The molecule has 29 heavy (non-hydrogen) atoms. The van der Waals surface area contributed by atoms with Gasteiger partial charge >= 0.3 is 6.18 Å². The van der Waals surface area contributed by atoms with E-state index in [1.54, 1.807) is 35.4 Å². The second-order valence-electron chi connectivity index (χ2n) is 6.89. The molecule has 3 heterocycles. The molecule has 1 amide bonds. The number of likely N-dealkylation sites (tertiary alicyclic amines) is 1. The molecule has 0 saturated carbocycles. The third-order valence-electron chi connectivity index (χ3n) is 5.00. The second kappa shape index (κ2) is 7.62. The molecule has 0 spiro atoms. The lowest BCUT2D eigenvalue weighted by atomic mass is 10.0. The van der Waals surface area contributed by atoms with E-state index in [9.17, 15) is 18.0 Å². The number of hydrogen-bond acceptors (Lipinski definition) is 4. The molecule has 1 fully saturated rings. The van der Waals surface area contributed by atoms with Crippen molar-refractivity contribution in [2.45, 2.75) is 18.5 Å². The van der Waals surface area contributed by atoms with Crippen LogP contribution in [-0.2, 0) is 6.18 Å². The van der Waals surface area contributed by atoms with Crippen LogP contribution in [0.5, 0.6) is 0 Å². The third-order valence-corrected chi connectivity index (χ3v) is 5.00. The minimum Gasteiger partial charge on any atom is -0.338 e. The molecule has 2 aromatic heterocycles. The molecule has 8 heteroatoms. The predicted molar refractivity (Wildman–Crippen MR) is 100.0 cm³/mol. The number of pyridine rings is 1. The van der Waals surface area contributed by atoms with Crippen molar-refractivity contribution in [2.24, 2.45) is 0 Å². The van der Waals surface area contributed by atoms with Crippen molar-refractivity contribution >= 4 is 5.91 Å². The fourth-order valence-corrected chi connectivity index (χ4v) is 3.40. The van der Waals surface area contributed by atoms with Gasteiger partial charge in [0.2, 0.25) is 0 Å². The van der Waals surface area contributed by atoms with Gasteiger partial charge in [0.05, 0.1) is 5.56 Å². The van der Waals surface area contributed by atoms with Crippen LogP contribution in [0.1, 0.15) is 33.8 Å². The molecule has 1 aliphatic heterocycles. The van der Waals surface area contributed by atoms with Gasteiger partial charge in [0.25, 0.3) is 5.91 Å². The minimum absolute atomic E-state index is 0.0729. The van der Waals surface area contributed by atoms with Crippen molar-refractivity contribution in [3.63, 3.8) is 0 Å². The van der Waals surface area contributed by atoms with Crippen LogP contribution in [0.15, 0.2) is 61.2 Å². The number of rotatable bonds is 3. The van der Waals surface area contributed by atoms with E-state index in [1.165, 1.54) is 0 Å². The van der Waals surface area contributed by atoms with E-state index >= 15 is 0 Å². The van der Waals surface area contributed by atoms with E-state index in [0.29, 0.717) is 24.2 Å². The fourth-order valence-electron chi connectivity index (χ4n) is 3.40. The highest BCUT2D eigenvalue weighted by atomic mass is 19.4. The average molecular weight is 398 g/mol. The number of hydrogen-bond donors (Lipinski definition) is 0. The molecule has 1 saturated heterocycles. The zero-order valence-electron chi connectivity index (χ0n) is 15.3. The topological polar surface area (TPSA) is 59.0 Å². The normalized spacial score (nSPS) is 16.8. The second-order valence-corrected chi connectivity index (χ2v) is 6.89. The molecule has 0 aliphatic carbocycles. The molecule has 4 rings (SSSR count). The maximum atomic E-state index is 12.8. The largest absolute Gasteiger partial charge is 0.419 e. The van der Waals surface area contributed by atoms with Gasteiger partial charge in [-0.05, 0) is 30.2 Å². The first-order valence-electron chi connectivity index (χ1n) is 9.11. The SMILES string of the molecule is O=C(c1ccc(-c2ncc(C(F)(F)F)cn2)cc1)N1CCC(c2cccnc2)C1. The van der Waals surface area contributed by atoms with Gasteiger partial charge in [0.1, 0.15) is 0 Å². The molecule has 3 aromatic rings. The highest BCUT2D eigenvalue weighted by Gasteiger charge is 2.31. The summed E-state index contributed by atoms with van der Waals surface area (Å²) in [5.41, 5.74) is 1.29. The molecular formula is C21H17F3N4O. The van der Waals surface area contributed by atoms with Crippen molar-refractivity contribution in [2.75, 3.05) is 13.1 Å². The molecule has 0 N–H and O–H groups in total. The first kappa shape index (κ1) is 19.0. The molecule has 148 valence electrons. The Balaban J connectivity index is 1.45. The maximum Gasteiger partial charge on any atom is 0.419 e. The van der Waals surface area contributed by atoms with Crippen molar-refractivity contribution < 1.29 is 18.0 Å². The van der Waals surface area contributed by atoms with E-state index in [4.69, 9.17) is 0 Å². The zero-order valence-corrected chi connectivity index (χ0v) is 15.3. The van der Waals surface area contributed by atoms with Crippen molar-refractivity contribution in [1.82, 2.24) is 19.9 Å². The quantitative estimate of drug-likeness (QED) is 0.664. The van der Waals surface area contributed by atoms with Gasteiger partial charge < -0.3 is 4.90 Å². The maximum absolute atomic E-state index is 12.8. The Morgan fingerprint density at radius 3 is 2.38 bits per heavy atom. The first-order valence-corrected chi connectivity index (χ1v) is 9.11. The highest BCUT2D eigenvalue weighted by molar-refractivity contribution is 5.94. The van der Waals surface area contributed by atoms with Gasteiger partial charge in [-0.15, -0.1) is 0 Å². The van der Waals surface area contributed by atoms with Crippen LogP contribution in [0.3, 0.4) is 0 Å². The van der Waals surface area contributed by atoms with Gasteiger partial charge in [-0.1, -0.05) is 18.2 Å². The smallest absolute Gasteiger partial charge is 0.338 e. The van der Waals surface area contributed by atoms with Gasteiger partial charge in [-0.3, -0.25) is 9.78 Å². The van der Waals surface area contributed by atoms with Gasteiger partial charge in [-0.25, -0.2) is 9.97 Å². The molecule has 1 aromatic carbocycles. The minimum atomic E-state index is -4.47. The molecule has 1 aliphatic rings. The summed E-state index contributed by atoms with van der Waals surface area (Å²) in [4.78, 5) is 26.3. The summed E-state index contributed by atoms with van der Waals surface area (Å²) >= 11 is 0. The van der Waals surface area contributed by atoms with Gasteiger partial charge in [0, 0.05) is 54.9 Å². The summed E-state index contributed by atoms with van der Waals surface area (Å²) in [7, 11) is 0. The molecule has 1 atom stereocenters. The standard InChI is InChI=1S/C21H17F3N4O/c22-21(23,24)18-11-26-19(27-12-18)14-3-5-15(6-4-14)20(29)28-9-7-17(13-28)16-2-1-8-25-10-16/h1-6,8,10-12,17H,7,9,13H2. The number of carbonyl (C=O) groups is 1. The summed E-state index contributed by atoms with van der Waals surface area (Å²) in [6.07, 6.45) is 1.47. The van der Waals surface area contributed by atoms with Crippen LogP contribution in [0, 0.1) is 0 Å². The number of nitrogens with zero attached hydrogens (tertiary/aromatic N) is 4. The van der Waals surface area contributed by atoms with Crippen LogP contribution in [0.25, 0.3) is 11.4 Å². The van der Waals surface area contributed by atoms with Crippen molar-refractivity contribution in [3.05, 3.63) is 77.9 Å². The Morgan fingerprint density at radius 2 is 1.76 bits per heavy atom. The van der Waals surface area contributed by atoms with Crippen molar-refractivity contribution in [1.29, 1.82) is 0 Å². The zero-order chi connectivity index (χ0) is 20.4. The summed E-state index contributed by atoms with van der Waals surface area (Å²) in [5, 5.41) is 0. The Labute approximate surface area is 165 Å². The molecule has 0 radical (unpaired) electrons. The number of carbonyl (C=O) groups excluding carboxylic acids is 1. The predicted octanol–water partition coefficient (Wildman–Crippen LogP) is 4.19. The van der Waals surface area contributed by atoms with Crippen LogP contribution in [0.4, 0.5) is 13.2 Å². The summed E-state index contributed by atoms with van der Waals surface area (Å²) in [6, 6.07) is 10.5. The number of amides is 1. The van der Waals surface area contributed by atoms with E-state index in [1.807, 2.05) is 18.3 Å². The fraction of sp³-hybridized carbons (Fsp3) is 0.238. The van der Waals surface area contributed by atoms with Crippen LogP contribution < -0.4 is 0 Å². The molecule has 1 unspecified atom stereocenters. The molecule has 5 nitrogen and oxygen atoms in total. The van der Waals surface area contributed by atoms with Crippen LogP contribution >= 0.6 is 0 Å². The Bertz CT molecular complexity index is 989. The van der Waals surface area contributed by atoms with Gasteiger partial charge in [0.15, 0.2) is 5.82 Å². The van der Waals surface area contributed by atoms with E-state index < -0.39 is 11.7 Å². The number of halogens is 3. The van der Waals surface area contributed by atoms with Gasteiger partial charge in [-0.2, -0.15) is 13.2 Å². The van der Waals surface area contributed by atoms with E-state index in [2.05, 4.69) is 15.0 Å². The lowest BCUT2D eigenvalue weighted by Gasteiger charge is -2.17. The Kier molecular flexibility index (Phi) is 5.00. The monoisotopic (exact) mass is 398 g/mol. The van der Waals surface area contributed by atoms with E-state index in [-0.39, 0.29) is 17.6 Å². The molecule has 0 bridgehead atoms. The average Bonchev–Trinajstić information content (AvgIpc) is 3.24. The number of alkyl halides is 3. The lowest BCUT2D eigenvalue weighted by molar-refractivity contribution is -0.138. The van der Waals surface area contributed by atoms with Crippen LogP contribution in [-0.4, -0.2) is 38.8 Å². The first-order chi connectivity index (χ1) is 13.9. The summed E-state index contributed by atoms with van der Waals surface area (Å²) in [6.45, 7) is 1.30. The Morgan fingerprint density at radius 1 is 1.03 bits per heavy atom.